The molecule has 0 bridgehead atoms. The van der Waals surface area contributed by atoms with Crippen molar-refractivity contribution in [1.29, 1.82) is 0 Å². The SMILES string of the molecule is COc1cc(Cl)cc(-c2ccc(C3CC3)cn2)c1. The van der Waals surface area contributed by atoms with Gasteiger partial charge in [0, 0.05) is 16.8 Å². The van der Waals surface area contributed by atoms with E-state index in [9.17, 15) is 0 Å². The zero-order chi connectivity index (χ0) is 12.5. The van der Waals surface area contributed by atoms with Crippen LogP contribution in [0.15, 0.2) is 36.5 Å². The summed E-state index contributed by atoms with van der Waals surface area (Å²) in [5, 5.41) is 0.664. The number of halogens is 1. The van der Waals surface area contributed by atoms with Crippen molar-refractivity contribution < 1.29 is 4.74 Å². The summed E-state index contributed by atoms with van der Waals surface area (Å²) in [6.07, 6.45) is 4.57. The summed E-state index contributed by atoms with van der Waals surface area (Å²) >= 11 is 6.06. The lowest BCUT2D eigenvalue weighted by molar-refractivity contribution is 0.415. The van der Waals surface area contributed by atoms with E-state index in [-0.39, 0.29) is 0 Å². The van der Waals surface area contributed by atoms with Crippen LogP contribution in [0.2, 0.25) is 5.02 Å². The predicted molar refractivity (Wildman–Crippen MR) is 73.2 cm³/mol. The Hall–Kier alpha value is -1.54. The molecule has 0 aliphatic heterocycles. The number of benzene rings is 1. The molecule has 1 heterocycles. The minimum absolute atomic E-state index is 0.664. The highest BCUT2D eigenvalue weighted by Crippen LogP contribution is 2.40. The van der Waals surface area contributed by atoms with Crippen LogP contribution < -0.4 is 4.74 Å². The molecular formula is C15H14ClNO. The molecule has 0 spiro atoms. The van der Waals surface area contributed by atoms with Gasteiger partial charge in [0.2, 0.25) is 0 Å². The average molecular weight is 260 g/mol. The molecule has 3 rings (SSSR count). The first kappa shape index (κ1) is 11.5. The van der Waals surface area contributed by atoms with Crippen molar-refractivity contribution in [2.45, 2.75) is 18.8 Å². The molecule has 0 radical (unpaired) electrons. The van der Waals surface area contributed by atoms with Gasteiger partial charge in [0.1, 0.15) is 5.75 Å². The van der Waals surface area contributed by atoms with Crippen LogP contribution in [0.1, 0.15) is 24.3 Å². The van der Waals surface area contributed by atoms with Gasteiger partial charge in [-0.1, -0.05) is 17.7 Å². The highest BCUT2D eigenvalue weighted by atomic mass is 35.5. The second-order valence-electron chi connectivity index (χ2n) is 4.63. The maximum Gasteiger partial charge on any atom is 0.121 e. The summed E-state index contributed by atoms with van der Waals surface area (Å²) in [4.78, 5) is 4.51. The van der Waals surface area contributed by atoms with Gasteiger partial charge in [0.15, 0.2) is 0 Å². The van der Waals surface area contributed by atoms with Gasteiger partial charge in [-0.3, -0.25) is 4.98 Å². The zero-order valence-electron chi connectivity index (χ0n) is 10.2. The van der Waals surface area contributed by atoms with Crippen molar-refractivity contribution in [3.63, 3.8) is 0 Å². The van der Waals surface area contributed by atoms with Gasteiger partial charge in [-0.05, 0) is 48.6 Å². The maximum absolute atomic E-state index is 6.06. The van der Waals surface area contributed by atoms with E-state index in [4.69, 9.17) is 16.3 Å². The van der Waals surface area contributed by atoms with E-state index >= 15 is 0 Å². The first-order chi connectivity index (χ1) is 8.76. The summed E-state index contributed by atoms with van der Waals surface area (Å²) in [6.45, 7) is 0. The molecule has 3 heteroatoms. The first-order valence-corrected chi connectivity index (χ1v) is 6.45. The van der Waals surface area contributed by atoms with Crippen LogP contribution in [0.25, 0.3) is 11.3 Å². The van der Waals surface area contributed by atoms with Gasteiger partial charge in [0.25, 0.3) is 0 Å². The summed E-state index contributed by atoms with van der Waals surface area (Å²) in [5.41, 5.74) is 3.26. The molecule has 92 valence electrons. The third-order valence-corrected chi connectivity index (χ3v) is 3.46. The van der Waals surface area contributed by atoms with Crippen molar-refractivity contribution in [1.82, 2.24) is 4.98 Å². The largest absolute Gasteiger partial charge is 0.497 e. The predicted octanol–water partition coefficient (Wildman–Crippen LogP) is 4.29. The topological polar surface area (TPSA) is 22.1 Å². The van der Waals surface area contributed by atoms with Crippen molar-refractivity contribution >= 4 is 11.6 Å². The number of aromatic nitrogens is 1. The molecule has 1 aliphatic carbocycles. The number of methoxy groups -OCH3 is 1. The Bertz CT molecular complexity index is 561. The first-order valence-electron chi connectivity index (χ1n) is 6.07. The Labute approximate surface area is 112 Å². The molecular weight excluding hydrogens is 246 g/mol. The van der Waals surface area contributed by atoms with Crippen LogP contribution in [0, 0.1) is 0 Å². The number of pyridine rings is 1. The van der Waals surface area contributed by atoms with Gasteiger partial charge < -0.3 is 4.74 Å². The molecule has 1 saturated carbocycles. The standard InChI is InChI=1S/C15H14ClNO/c1-18-14-7-12(6-13(16)8-14)15-5-4-11(9-17-15)10-2-3-10/h4-10H,2-3H2,1H3. The minimum atomic E-state index is 0.664. The second-order valence-corrected chi connectivity index (χ2v) is 5.07. The van der Waals surface area contributed by atoms with Crippen LogP contribution in [-0.2, 0) is 0 Å². The molecule has 0 saturated heterocycles. The number of hydrogen-bond donors (Lipinski definition) is 0. The summed E-state index contributed by atoms with van der Waals surface area (Å²) in [5.74, 6) is 1.49. The van der Waals surface area contributed by atoms with Crippen molar-refractivity contribution in [3.8, 4) is 17.0 Å². The van der Waals surface area contributed by atoms with Crippen molar-refractivity contribution in [2.24, 2.45) is 0 Å². The van der Waals surface area contributed by atoms with E-state index in [2.05, 4.69) is 17.1 Å². The van der Waals surface area contributed by atoms with E-state index in [0.29, 0.717) is 5.02 Å². The van der Waals surface area contributed by atoms with Gasteiger partial charge in [-0.15, -0.1) is 0 Å². The lowest BCUT2D eigenvalue weighted by atomic mass is 10.1. The van der Waals surface area contributed by atoms with Gasteiger partial charge >= 0.3 is 0 Å². The number of ether oxygens (including phenoxy) is 1. The molecule has 0 unspecified atom stereocenters. The van der Waals surface area contributed by atoms with Crippen LogP contribution in [0.3, 0.4) is 0 Å². The molecule has 1 aromatic carbocycles. The molecule has 0 atom stereocenters. The average Bonchev–Trinajstić information content (AvgIpc) is 3.22. The molecule has 1 fully saturated rings. The van der Waals surface area contributed by atoms with Crippen LogP contribution in [0.4, 0.5) is 0 Å². The molecule has 0 amide bonds. The third-order valence-electron chi connectivity index (χ3n) is 3.24. The lowest BCUT2D eigenvalue weighted by Crippen LogP contribution is -1.88. The number of hydrogen-bond acceptors (Lipinski definition) is 2. The summed E-state index contributed by atoms with van der Waals surface area (Å²) < 4.78 is 5.22. The fourth-order valence-corrected chi connectivity index (χ4v) is 2.29. The smallest absolute Gasteiger partial charge is 0.121 e. The quantitative estimate of drug-likeness (QED) is 0.820. The molecule has 0 N–H and O–H groups in total. The van der Waals surface area contributed by atoms with E-state index in [1.54, 1.807) is 13.2 Å². The fourth-order valence-electron chi connectivity index (χ4n) is 2.06. The molecule has 1 aromatic heterocycles. The Kier molecular flexibility index (Phi) is 2.96. The number of rotatable bonds is 3. The Morgan fingerprint density at radius 1 is 1.22 bits per heavy atom. The zero-order valence-corrected chi connectivity index (χ0v) is 10.9. The summed E-state index contributed by atoms with van der Waals surface area (Å²) in [6, 6.07) is 9.87. The number of nitrogens with zero attached hydrogens (tertiary/aromatic N) is 1. The Morgan fingerprint density at radius 2 is 2.06 bits per heavy atom. The van der Waals surface area contributed by atoms with E-state index < -0.39 is 0 Å². The van der Waals surface area contributed by atoms with Gasteiger partial charge in [-0.2, -0.15) is 0 Å². The normalized spacial score (nSPS) is 14.6. The van der Waals surface area contributed by atoms with Gasteiger partial charge in [0.05, 0.1) is 12.8 Å². The Morgan fingerprint density at radius 3 is 2.67 bits per heavy atom. The second kappa shape index (κ2) is 4.62. The molecule has 2 aromatic rings. The van der Waals surface area contributed by atoms with Crippen LogP contribution >= 0.6 is 11.6 Å². The molecule has 1 aliphatic rings. The lowest BCUT2D eigenvalue weighted by Gasteiger charge is -2.06. The minimum Gasteiger partial charge on any atom is -0.497 e. The summed E-state index contributed by atoms with van der Waals surface area (Å²) in [7, 11) is 1.64. The van der Waals surface area contributed by atoms with E-state index in [1.807, 2.05) is 18.3 Å². The van der Waals surface area contributed by atoms with Crippen LogP contribution in [-0.4, -0.2) is 12.1 Å². The highest BCUT2D eigenvalue weighted by molar-refractivity contribution is 6.31. The van der Waals surface area contributed by atoms with Crippen molar-refractivity contribution in [3.05, 3.63) is 47.1 Å². The van der Waals surface area contributed by atoms with E-state index in [1.165, 1.54) is 18.4 Å². The Balaban J connectivity index is 1.95. The monoisotopic (exact) mass is 259 g/mol. The molecule has 18 heavy (non-hydrogen) atoms. The third kappa shape index (κ3) is 2.34. The van der Waals surface area contributed by atoms with Crippen molar-refractivity contribution in [2.75, 3.05) is 7.11 Å². The fraction of sp³-hybridized carbons (Fsp3) is 0.267. The highest BCUT2D eigenvalue weighted by Gasteiger charge is 2.23. The maximum atomic E-state index is 6.06. The van der Waals surface area contributed by atoms with E-state index in [0.717, 1.165) is 22.9 Å². The van der Waals surface area contributed by atoms with Gasteiger partial charge in [-0.25, -0.2) is 0 Å². The van der Waals surface area contributed by atoms with Crippen LogP contribution in [0.5, 0.6) is 5.75 Å². The molecule has 2 nitrogen and oxygen atoms in total.